The number of methoxy groups -OCH3 is 1. The topological polar surface area (TPSA) is 9.23 Å². The van der Waals surface area contributed by atoms with Crippen molar-refractivity contribution in [2.24, 2.45) is 0 Å². The van der Waals surface area contributed by atoms with Crippen molar-refractivity contribution < 1.29 is 4.74 Å². The van der Waals surface area contributed by atoms with E-state index in [4.69, 9.17) is 4.74 Å². The quantitative estimate of drug-likeness (QED) is 0.491. The van der Waals surface area contributed by atoms with Gasteiger partial charge in [0.05, 0.1) is 7.11 Å². The first-order chi connectivity index (χ1) is 9.51. The molecule has 0 fully saturated rings. The Labute approximate surface area is 145 Å². The number of aryl methyl sites for hydroxylation is 1. The fraction of sp³-hybridized carbons (Fsp3) is 0.250. The minimum Gasteiger partial charge on any atom is -0.497 e. The first-order valence-corrected chi connectivity index (χ1v) is 8.74. The molecule has 0 heterocycles. The van der Waals surface area contributed by atoms with Crippen molar-refractivity contribution in [2.45, 2.75) is 18.2 Å². The number of rotatable bonds is 4. The average molecular weight is 463 g/mol. The molecule has 0 spiro atoms. The van der Waals surface area contributed by atoms with Crippen LogP contribution in [0.2, 0.25) is 0 Å². The van der Waals surface area contributed by atoms with Crippen LogP contribution < -0.4 is 4.74 Å². The van der Waals surface area contributed by atoms with Gasteiger partial charge in [-0.05, 0) is 54.3 Å². The Kier molecular flexibility index (Phi) is 5.70. The highest BCUT2D eigenvalue weighted by Crippen LogP contribution is 2.36. The maximum Gasteiger partial charge on any atom is 0.118 e. The Hall–Kier alpha value is -0.320. The van der Waals surface area contributed by atoms with Gasteiger partial charge in [0.2, 0.25) is 0 Å². The molecule has 0 bridgehead atoms. The molecular weight excluding hydrogens is 448 g/mol. The second-order valence-electron chi connectivity index (χ2n) is 4.64. The van der Waals surface area contributed by atoms with Gasteiger partial charge in [0, 0.05) is 13.8 Å². The van der Waals surface area contributed by atoms with Gasteiger partial charge in [0.15, 0.2) is 0 Å². The molecule has 0 amide bonds. The van der Waals surface area contributed by atoms with Gasteiger partial charge in [0.25, 0.3) is 0 Å². The highest BCUT2D eigenvalue weighted by atomic mass is 79.9. The molecule has 2 rings (SSSR count). The zero-order chi connectivity index (χ0) is 14.7. The molecule has 106 valence electrons. The van der Waals surface area contributed by atoms with E-state index < -0.39 is 0 Å². The smallest absolute Gasteiger partial charge is 0.118 e. The molecule has 0 radical (unpaired) electrons. The molecule has 2 aromatic carbocycles. The molecule has 0 N–H and O–H groups in total. The van der Waals surface area contributed by atoms with Crippen LogP contribution in [0, 0.1) is 6.92 Å². The lowest BCUT2D eigenvalue weighted by atomic mass is 10.0. The van der Waals surface area contributed by atoms with Gasteiger partial charge in [-0.15, -0.1) is 0 Å². The molecule has 0 aliphatic carbocycles. The molecule has 1 unspecified atom stereocenters. The third-order valence-electron chi connectivity index (χ3n) is 3.19. The highest BCUT2D eigenvalue weighted by Gasteiger charge is 2.14. The maximum absolute atomic E-state index is 5.18. The number of halogens is 3. The van der Waals surface area contributed by atoms with E-state index in [1.807, 2.05) is 12.1 Å². The predicted molar refractivity (Wildman–Crippen MR) is 94.9 cm³/mol. The zero-order valence-electron chi connectivity index (χ0n) is 11.3. The Morgan fingerprint density at radius 3 is 2.30 bits per heavy atom. The second kappa shape index (κ2) is 7.10. The molecule has 0 aliphatic rings. The van der Waals surface area contributed by atoms with Crippen LogP contribution in [0.4, 0.5) is 0 Å². The largest absolute Gasteiger partial charge is 0.497 e. The third-order valence-corrected chi connectivity index (χ3v) is 5.55. The Bertz CT molecular complexity index is 593. The molecule has 0 aliphatic heterocycles. The Balaban J connectivity index is 2.18. The van der Waals surface area contributed by atoms with E-state index in [2.05, 4.69) is 79.0 Å². The van der Waals surface area contributed by atoms with Crippen LogP contribution in [0.3, 0.4) is 0 Å². The summed E-state index contributed by atoms with van der Waals surface area (Å²) in [6.07, 6.45) is 0.929. The van der Waals surface area contributed by atoms with Crippen molar-refractivity contribution in [1.29, 1.82) is 0 Å². The molecule has 2 aromatic rings. The van der Waals surface area contributed by atoms with E-state index in [-0.39, 0.29) is 4.83 Å². The summed E-state index contributed by atoms with van der Waals surface area (Å²) in [5.74, 6) is 0.888. The normalized spacial score (nSPS) is 12.2. The van der Waals surface area contributed by atoms with Gasteiger partial charge in [-0.25, -0.2) is 0 Å². The fourth-order valence-electron chi connectivity index (χ4n) is 1.98. The second-order valence-corrected chi connectivity index (χ2v) is 7.46. The van der Waals surface area contributed by atoms with Crippen LogP contribution in [0.1, 0.15) is 21.5 Å². The number of ether oxygens (including phenoxy) is 1. The molecule has 20 heavy (non-hydrogen) atoms. The lowest BCUT2D eigenvalue weighted by molar-refractivity contribution is 0.414. The molecule has 1 nitrogen and oxygen atoms in total. The highest BCUT2D eigenvalue weighted by molar-refractivity contribution is 9.11. The van der Waals surface area contributed by atoms with E-state index in [1.54, 1.807) is 7.11 Å². The van der Waals surface area contributed by atoms with Crippen LogP contribution in [0.15, 0.2) is 45.3 Å². The molecule has 0 saturated heterocycles. The number of hydrogen-bond donors (Lipinski definition) is 0. The van der Waals surface area contributed by atoms with Gasteiger partial charge >= 0.3 is 0 Å². The number of alkyl halides is 1. The zero-order valence-corrected chi connectivity index (χ0v) is 16.0. The summed E-state index contributed by atoms with van der Waals surface area (Å²) < 4.78 is 7.45. The van der Waals surface area contributed by atoms with Crippen LogP contribution >= 0.6 is 47.8 Å². The maximum atomic E-state index is 5.18. The first-order valence-electron chi connectivity index (χ1n) is 6.24. The van der Waals surface area contributed by atoms with Crippen molar-refractivity contribution in [2.75, 3.05) is 7.11 Å². The van der Waals surface area contributed by atoms with E-state index in [0.717, 1.165) is 21.1 Å². The summed E-state index contributed by atoms with van der Waals surface area (Å²) in [6.45, 7) is 2.09. The minimum atomic E-state index is 0.266. The van der Waals surface area contributed by atoms with Crippen LogP contribution in [0.5, 0.6) is 5.75 Å². The minimum absolute atomic E-state index is 0.266. The number of benzene rings is 2. The molecular formula is C16H15Br3O. The SMILES string of the molecule is COc1ccc(CC(Br)c2cc(Br)c(C)cc2Br)cc1. The Morgan fingerprint density at radius 2 is 1.70 bits per heavy atom. The van der Waals surface area contributed by atoms with Gasteiger partial charge in [-0.1, -0.05) is 59.9 Å². The Morgan fingerprint density at radius 1 is 1.05 bits per heavy atom. The average Bonchev–Trinajstić information content (AvgIpc) is 2.43. The van der Waals surface area contributed by atoms with Crippen LogP contribution in [-0.4, -0.2) is 7.11 Å². The summed E-state index contributed by atoms with van der Waals surface area (Å²) in [6, 6.07) is 12.5. The summed E-state index contributed by atoms with van der Waals surface area (Å²) in [5.41, 5.74) is 3.75. The lowest BCUT2D eigenvalue weighted by Crippen LogP contribution is -1.98. The van der Waals surface area contributed by atoms with Crippen molar-refractivity contribution in [1.82, 2.24) is 0 Å². The standard InChI is InChI=1S/C16H15Br3O/c1-10-7-15(18)13(9-14(10)17)16(19)8-11-3-5-12(20-2)6-4-11/h3-7,9,16H,8H2,1-2H3. The van der Waals surface area contributed by atoms with Crippen molar-refractivity contribution in [3.05, 3.63) is 62.0 Å². The van der Waals surface area contributed by atoms with Gasteiger partial charge < -0.3 is 4.74 Å². The molecule has 0 aromatic heterocycles. The van der Waals surface area contributed by atoms with Crippen molar-refractivity contribution >= 4 is 47.8 Å². The third kappa shape index (κ3) is 3.86. The van der Waals surface area contributed by atoms with Gasteiger partial charge in [-0.2, -0.15) is 0 Å². The predicted octanol–water partition coefficient (Wildman–Crippen LogP) is 6.21. The number of hydrogen-bond acceptors (Lipinski definition) is 1. The molecule has 4 heteroatoms. The van der Waals surface area contributed by atoms with E-state index in [0.29, 0.717) is 0 Å². The first kappa shape index (κ1) is 16.1. The lowest BCUT2D eigenvalue weighted by Gasteiger charge is -2.14. The van der Waals surface area contributed by atoms with Crippen LogP contribution in [-0.2, 0) is 6.42 Å². The van der Waals surface area contributed by atoms with E-state index >= 15 is 0 Å². The summed E-state index contributed by atoms with van der Waals surface area (Å²) in [7, 11) is 1.68. The van der Waals surface area contributed by atoms with Gasteiger partial charge in [-0.3, -0.25) is 0 Å². The van der Waals surface area contributed by atoms with E-state index in [1.165, 1.54) is 16.7 Å². The van der Waals surface area contributed by atoms with Crippen molar-refractivity contribution in [3.63, 3.8) is 0 Å². The molecule has 1 atom stereocenters. The summed E-state index contributed by atoms with van der Waals surface area (Å²) >= 11 is 11.0. The van der Waals surface area contributed by atoms with Gasteiger partial charge in [0.1, 0.15) is 5.75 Å². The monoisotopic (exact) mass is 460 g/mol. The fourth-order valence-corrected chi connectivity index (χ4v) is 4.14. The van der Waals surface area contributed by atoms with Crippen LogP contribution in [0.25, 0.3) is 0 Å². The summed E-state index contributed by atoms with van der Waals surface area (Å²) in [4.78, 5) is 0.266. The van der Waals surface area contributed by atoms with Crippen molar-refractivity contribution in [3.8, 4) is 5.75 Å². The summed E-state index contributed by atoms with van der Waals surface area (Å²) in [5, 5.41) is 0. The molecule has 0 saturated carbocycles. The van der Waals surface area contributed by atoms with E-state index in [9.17, 15) is 0 Å².